The molecule has 1 fully saturated rings. The van der Waals surface area contributed by atoms with Crippen molar-refractivity contribution in [3.8, 4) is 23.0 Å². The van der Waals surface area contributed by atoms with Crippen molar-refractivity contribution < 1.29 is 61.4 Å². The van der Waals surface area contributed by atoms with E-state index in [2.05, 4.69) is 0 Å². The van der Waals surface area contributed by atoms with Crippen LogP contribution in [-0.2, 0) is 53.0 Å². The molecule has 0 radical (unpaired) electrons. The third-order valence-electron chi connectivity index (χ3n) is 13.5. The summed E-state index contributed by atoms with van der Waals surface area (Å²) in [5.74, 6) is -0.759. The Kier molecular flexibility index (Phi) is 19.0. The predicted octanol–water partition coefficient (Wildman–Crippen LogP) is 9.02. The van der Waals surface area contributed by atoms with Crippen LogP contribution < -0.4 is 17.8 Å². The molecule has 0 spiro atoms. The second-order valence-electron chi connectivity index (χ2n) is 18.8. The molecule has 0 aliphatic heterocycles. The van der Waals surface area contributed by atoms with E-state index >= 15 is 0 Å². The minimum absolute atomic E-state index is 0.0145. The fraction of sp³-hybridized carbons (Fsp3) is 0.333. The smallest absolute Gasteiger partial charge is 0.339 e. The minimum Gasteiger partial charge on any atom is -0.493 e. The van der Waals surface area contributed by atoms with Crippen LogP contribution >= 0.6 is 0 Å². The number of para-hydroxylation sites is 2. The van der Waals surface area contributed by atoms with E-state index in [4.69, 9.17) is 17.8 Å². The second kappa shape index (κ2) is 25.2. The van der Waals surface area contributed by atoms with Gasteiger partial charge in [-0.25, -0.2) is 16.8 Å². The maximum Gasteiger partial charge on any atom is 0.339 e. The Hall–Kier alpha value is -6.96. The summed E-state index contributed by atoms with van der Waals surface area (Å²) in [6.07, 6.45) is 2.50. The summed E-state index contributed by atoms with van der Waals surface area (Å²) in [5, 5.41) is 22.8. The van der Waals surface area contributed by atoms with Gasteiger partial charge >= 0.3 is 20.2 Å². The van der Waals surface area contributed by atoms with Gasteiger partial charge in [0, 0.05) is 60.6 Å². The fourth-order valence-electron chi connectivity index (χ4n) is 9.41. The molecule has 6 aromatic rings. The van der Waals surface area contributed by atoms with E-state index in [0.29, 0.717) is 36.8 Å². The topological polar surface area (TPSA) is 266 Å². The maximum atomic E-state index is 13.9. The van der Waals surface area contributed by atoms with Crippen molar-refractivity contribution in [2.24, 2.45) is 0 Å². The largest absolute Gasteiger partial charge is 0.493 e. The Morgan fingerprint density at radius 2 is 0.821 bits per heavy atom. The van der Waals surface area contributed by atoms with Crippen LogP contribution in [0.5, 0.6) is 23.0 Å². The lowest BCUT2D eigenvalue weighted by atomic mass is 9.87. The van der Waals surface area contributed by atoms with E-state index in [9.17, 15) is 53.9 Å². The summed E-state index contributed by atoms with van der Waals surface area (Å²) in [7, 11) is -14.2. The summed E-state index contributed by atoms with van der Waals surface area (Å²) in [6.45, 7) is 3.79. The van der Waals surface area contributed by atoms with Crippen molar-refractivity contribution in [1.29, 1.82) is 0 Å². The number of hydrogen-bond acceptors (Lipinski definition) is 18. The second-order valence-corrected chi connectivity index (χ2v) is 26.1. The minimum atomic E-state index is -4.44. The Morgan fingerprint density at radius 1 is 0.487 bits per heavy atom. The van der Waals surface area contributed by atoms with Crippen molar-refractivity contribution in [3.05, 3.63) is 176 Å². The Balaban J connectivity index is 1.30. The molecule has 1 aliphatic rings. The van der Waals surface area contributed by atoms with Crippen LogP contribution in [0.3, 0.4) is 0 Å². The average Bonchev–Trinajstić information content (AvgIpc) is 3.46. The first-order valence-corrected chi connectivity index (χ1v) is 30.9. The molecule has 1 aliphatic carbocycles. The number of aryl methyl sites for hydroxylation is 2. The molecule has 78 heavy (non-hydrogen) atoms. The van der Waals surface area contributed by atoms with E-state index in [1.54, 1.807) is 60.7 Å². The number of nitro benzene ring substituents is 2. The zero-order chi connectivity index (χ0) is 56.4. The zero-order valence-electron chi connectivity index (χ0n) is 43.3. The first-order valence-electron chi connectivity index (χ1n) is 24.8. The normalized spacial score (nSPS) is 15.2. The SMILES string of the molecule is COc1cccc(CN(CCCS(=O)(=O)c2ccc([N+](=O)[O-])cc2)[C@@H]2CCCC[C@H]2N(CCCS(=O)(=O)c2ccc([N+](=O)[O-])cc2)Cc2cccc(OC)c2OS(=O)(=O)c2ccc(C)cc2)c1OS(=O)(=O)c1ccc(C)cc1. The third-order valence-corrected chi connectivity index (χ3v) is 19.6. The van der Waals surface area contributed by atoms with E-state index in [1.165, 1.54) is 62.8 Å². The summed E-state index contributed by atoms with van der Waals surface area (Å²) >= 11 is 0. The Bertz CT molecular complexity index is 3310. The molecule has 7 rings (SSSR count). The van der Waals surface area contributed by atoms with Crippen LogP contribution in [0, 0.1) is 34.1 Å². The number of benzene rings is 6. The lowest BCUT2D eigenvalue weighted by Crippen LogP contribution is -2.53. The van der Waals surface area contributed by atoms with Gasteiger partial charge in [-0.05, 0) is 113 Å². The molecule has 0 aromatic heterocycles. The standard InChI is InChI=1S/C54H60N4O16S4/c1-39-17-25-47(26-18-39)77(67,68)73-53-41(11-7-15-51(53)71-3)37-55(33-9-35-75(63,64)45-29-21-43(22-30-45)57(59)60)49-13-5-6-14-50(49)56(34-10-36-76(65,66)46-31-23-44(24-32-46)58(61)62)38-42-12-8-16-52(72-4)54(42)74-78(69,70)48-27-19-40(2)20-28-48/h7-8,11-12,15-32,49-50H,5-6,9-10,13-14,33-38H2,1-4H3/t49-,50-/m1/s1. The number of hydrogen-bond donors (Lipinski definition) is 0. The number of rotatable bonds is 26. The van der Waals surface area contributed by atoms with Gasteiger partial charge < -0.3 is 17.8 Å². The van der Waals surface area contributed by atoms with E-state index in [-0.39, 0.29) is 104 Å². The van der Waals surface area contributed by atoms with E-state index in [0.717, 1.165) is 35.4 Å². The van der Waals surface area contributed by atoms with Gasteiger partial charge in [-0.1, -0.05) is 72.5 Å². The lowest BCUT2D eigenvalue weighted by molar-refractivity contribution is -0.385. The molecule has 2 atom stereocenters. The first-order chi connectivity index (χ1) is 37.0. The summed E-state index contributed by atoms with van der Waals surface area (Å²) < 4.78 is 134. The molecule has 0 heterocycles. The van der Waals surface area contributed by atoms with Crippen LogP contribution in [0.2, 0.25) is 0 Å². The Labute approximate surface area is 454 Å². The highest BCUT2D eigenvalue weighted by molar-refractivity contribution is 7.91. The number of nitrogens with zero attached hydrogens (tertiary/aromatic N) is 4. The van der Waals surface area contributed by atoms with Gasteiger partial charge in [0.05, 0.1) is 45.4 Å². The fourth-order valence-corrected chi connectivity index (χ4v) is 14.0. The van der Waals surface area contributed by atoms with Gasteiger partial charge in [0.1, 0.15) is 9.79 Å². The van der Waals surface area contributed by atoms with Gasteiger partial charge in [-0.2, -0.15) is 16.8 Å². The third kappa shape index (κ3) is 14.6. The number of nitro groups is 2. The van der Waals surface area contributed by atoms with Gasteiger partial charge in [0.15, 0.2) is 42.7 Å². The van der Waals surface area contributed by atoms with Gasteiger partial charge in [0.2, 0.25) is 0 Å². The highest BCUT2D eigenvalue weighted by atomic mass is 32.2. The van der Waals surface area contributed by atoms with Gasteiger partial charge in [-0.3, -0.25) is 30.0 Å². The van der Waals surface area contributed by atoms with Crippen LogP contribution in [0.4, 0.5) is 11.4 Å². The van der Waals surface area contributed by atoms with E-state index in [1.807, 2.05) is 23.6 Å². The number of ether oxygens (including phenoxy) is 2. The first kappa shape index (κ1) is 58.7. The molecule has 0 bridgehead atoms. The molecule has 0 unspecified atom stereocenters. The number of methoxy groups -OCH3 is 2. The molecule has 0 saturated heterocycles. The molecule has 1 saturated carbocycles. The van der Waals surface area contributed by atoms with Crippen molar-refractivity contribution in [2.45, 2.75) is 97.1 Å². The molecular weight excluding hydrogens is 1090 g/mol. The molecule has 0 amide bonds. The van der Waals surface area contributed by atoms with Crippen LogP contribution in [-0.4, -0.2) is 104 Å². The van der Waals surface area contributed by atoms with Crippen LogP contribution in [0.1, 0.15) is 60.8 Å². The lowest BCUT2D eigenvalue weighted by Gasteiger charge is -2.45. The zero-order valence-corrected chi connectivity index (χ0v) is 46.6. The molecule has 6 aromatic carbocycles. The van der Waals surface area contributed by atoms with E-state index < -0.39 is 61.8 Å². The quantitative estimate of drug-likeness (QED) is 0.0278. The number of sulfone groups is 2. The van der Waals surface area contributed by atoms with Crippen molar-refractivity contribution >= 4 is 51.3 Å². The molecule has 0 N–H and O–H groups in total. The van der Waals surface area contributed by atoms with Crippen molar-refractivity contribution in [3.63, 3.8) is 0 Å². The monoisotopic (exact) mass is 1150 g/mol. The summed E-state index contributed by atoms with van der Waals surface area (Å²) in [6, 6.07) is 30.3. The van der Waals surface area contributed by atoms with Crippen LogP contribution in [0.15, 0.2) is 153 Å². The Morgan fingerprint density at radius 3 is 1.14 bits per heavy atom. The van der Waals surface area contributed by atoms with Gasteiger partial charge in [-0.15, -0.1) is 0 Å². The van der Waals surface area contributed by atoms with Crippen LogP contribution in [0.25, 0.3) is 0 Å². The number of non-ortho nitro benzene ring substituents is 2. The highest BCUT2D eigenvalue weighted by Gasteiger charge is 2.37. The highest BCUT2D eigenvalue weighted by Crippen LogP contribution is 2.39. The average molecular weight is 1150 g/mol. The molecular formula is C54H60N4O16S4. The predicted molar refractivity (Wildman–Crippen MR) is 290 cm³/mol. The summed E-state index contributed by atoms with van der Waals surface area (Å²) in [4.78, 5) is 25.1. The summed E-state index contributed by atoms with van der Waals surface area (Å²) in [5.41, 5.74) is 1.83. The molecule has 24 heteroatoms. The van der Waals surface area contributed by atoms with Crippen molar-refractivity contribution in [2.75, 3.05) is 38.8 Å². The van der Waals surface area contributed by atoms with Crippen molar-refractivity contribution in [1.82, 2.24) is 9.80 Å². The molecule has 20 nitrogen and oxygen atoms in total. The molecule has 416 valence electrons. The maximum absolute atomic E-state index is 13.9. The van der Waals surface area contributed by atoms with Gasteiger partial charge in [0.25, 0.3) is 11.4 Å².